The van der Waals surface area contributed by atoms with Crippen molar-refractivity contribution in [2.75, 3.05) is 12.0 Å². The SMILES string of the molecule is CCC(C)CC(N)CS(C)(=O)=O. The fraction of sp³-hybridized carbons (Fsp3) is 1.00. The molecule has 0 bridgehead atoms. The topological polar surface area (TPSA) is 60.2 Å². The van der Waals surface area contributed by atoms with Crippen LogP contribution in [0.3, 0.4) is 0 Å². The number of sulfone groups is 1. The average molecular weight is 193 g/mol. The van der Waals surface area contributed by atoms with Gasteiger partial charge in [0.25, 0.3) is 0 Å². The lowest BCUT2D eigenvalue weighted by Crippen LogP contribution is -2.30. The summed E-state index contributed by atoms with van der Waals surface area (Å²) in [6.07, 6.45) is 3.07. The van der Waals surface area contributed by atoms with E-state index in [0.29, 0.717) is 5.92 Å². The van der Waals surface area contributed by atoms with Crippen LogP contribution in [-0.2, 0) is 9.84 Å². The zero-order valence-electron chi connectivity index (χ0n) is 8.08. The molecule has 3 nitrogen and oxygen atoms in total. The van der Waals surface area contributed by atoms with E-state index in [4.69, 9.17) is 5.73 Å². The van der Waals surface area contributed by atoms with E-state index in [-0.39, 0.29) is 11.8 Å². The van der Waals surface area contributed by atoms with Crippen LogP contribution < -0.4 is 5.73 Å². The summed E-state index contributed by atoms with van der Waals surface area (Å²) in [6, 6.07) is -0.199. The molecule has 2 N–H and O–H groups in total. The molecule has 0 aliphatic rings. The Morgan fingerprint density at radius 2 is 1.92 bits per heavy atom. The van der Waals surface area contributed by atoms with Crippen LogP contribution in [0.5, 0.6) is 0 Å². The summed E-state index contributed by atoms with van der Waals surface area (Å²) < 4.78 is 21.7. The van der Waals surface area contributed by atoms with E-state index in [1.165, 1.54) is 6.26 Å². The minimum Gasteiger partial charge on any atom is -0.327 e. The highest BCUT2D eigenvalue weighted by Gasteiger charge is 2.13. The van der Waals surface area contributed by atoms with Crippen LogP contribution in [0.15, 0.2) is 0 Å². The van der Waals surface area contributed by atoms with Crippen LogP contribution >= 0.6 is 0 Å². The van der Waals surface area contributed by atoms with Crippen LogP contribution in [0.1, 0.15) is 26.7 Å². The number of rotatable bonds is 5. The maximum absolute atomic E-state index is 10.8. The second-order valence-corrected chi connectivity index (χ2v) is 5.79. The minimum absolute atomic E-state index is 0.108. The summed E-state index contributed by atoms with van der Waals surface area (Å²) in [5.74, 6) is 0.624. The van der Waals surface area contributed by atoms with Gasteiger partial charge in [0.05, 0.1) is 5.75 Å². The first-order chi connectivity index (χ1) is 5.35. The molecule has 0 saturated heterocycles. The van der Waals surface area contributed by atoms with Gasteiger partial charge in [0.1, 0.15) is 9.84 Å². The van der Waals surface area contributed by atoms with Crippen molar-refractivity contribution in [2.24, 2.45) is 11.7 Å². The Balaban J connectivity index is 3.82. The second kappa shape index (κ2) is 4.82. The minimum atomic E-state index is -2.90. The maximum atomic E-state index is 10.8. The van der Waals surface area contributed by atoms with Crippen LogP contribution in [0, 0.1) is 5.92 Å². The molecule has 74 valence electrons. The lowest BCUT2D eigenvalue weighted by atomic mass is 10.0. The summed E-state index contributed by atoms with van der Waals surface area (Å²) in [4.78, 5) is 0. The number of hydrogen-bond acceptors (Lipinski definition) is 3. The molecule has 0 aromatic heterocycles. The molecule has 0 fully saturated rings. The van der Waals surface area contributed by atoms with Gasteiger partial charge in [0.2, 0.25) is 0 Å². The van der Waals surface area contributed by atoms with Gasteiger partial charge in [-0.3, -0.25) is 0 Å². The van der Waals surface area contributed by atoms with Crippen LogP contribution in [-0.4, -0.2) is 26.5 Å². The Morgan fingerprint density at radius 1 is 1.42 bits per heavy atom. The Hall–Kier alpha value is -0.0900. The molecule has 0 amide bonds. The van der Waals surface area contributed by atoms with E-state index in [0.717, 1.165) is 12.8 Å². The monoisotopic (exact) mass is 193 g/mol. The Bertz CT molecular complexity index is 211. The molecule has 0 saturated carbocycles. The third-order valence-corrected chi connectivity index (χ3v) is 2.95. The highest BCUT2D eigenvalue weighted by molar-refractivity contribution is 7.90. The van der Waals surface area contributed by atoms with Gasteiger partial charge in [-0.1, -0.05) is 20.3 Å². The van der Waals surface area contributed by atoms with Crippen molar-refractivity contribution in [3.63, 3.8) is 0 Å². The van der Waals surface area contributed by atoms with E-state index < -0.39 is 9.84 Å². The Kier molecular flexibility index (Phi) is 4.78. The fourth-order valence-corrected chi connectivity index (χ4v) is 2.05. The molecule has 2 unspecified atom stereocenters. The highest BCUT2D eigenvalue weighted by Crippen LogP contribution is 2.09. The van der Waals surface area contributed by atoms with E-state index in [9.17, 15) is 8.42 Å². The maximum Gasteiger partial charge on any atom is 0.148 e. The van der Waals surface area contributed by atoms with Crippen molar-refractivity contribution in [3.8, 4) is 0 Å². The molecule has 0 radical (unpaired) electrons. The molecule has 0 heterocycles. The van der Waals surface area contributed by atoms with Crippen molar-refractivity contribution in [2.45, 2.75) is 32.7 Å². The van der Waals surface area contributed by atoms with Gasteiger partial charge >= 0.3 is 0 Å². The summed E-state index contributed by atoms with van der Waals surface area (Å²) in [6.45, 7) is 4.17. The van der Waals surface area contributed by atoms with Gasteiger partial charge in [-0.15, -0.1) is 0 Å². The Morgan fingerprint density at radius 3 is 2.25 bits per heavy atom. The number of nitrogens with two attached hydrogens (primary N) is 1. The molecule has 2 atom stereocenters. The zero-order valence-corrected chi connectivity index (χ0v) is 8.89. The highest BCUT2D eigenvalue weighted by atomic mass is 32.2. The molecule has 0 aromatic carbocycles. The second-order valence-electron chi connectivity index (χ2n) is 3.60. The van der Waals surface area contributed by atoms with Gasteiger partial charge in [-0.25, -0.2) is 8.42 Å². The van der Waals surface area contributed by atoms with Crippen molar-refractivity contribution >= 4 is 9.84 Å². The normalized spacial score (nSPS) is 17.3. The largest absolute Gasteiger partial charge is 0.327 e. The lowest BCUT2D eigenvalue weighted by molar-refractivity contribution is 0.467. The van der Waals surface area contributed by atoms with E-state index in [1.54, 1.807) is 0 Å². The van der Waals surface area contributed by atoms with Crippen molar-refractivity contribution < 1.29 is 8.42 Å². The molecule has 0 spiro atoms. The zero-order chi connectivity index (χ0) is 9.78. The first-order valence-electron chi connectivity index (χ1n) is 4.28. The third kappa shape index (κ3) is 6.61. The van der Waals surface area contributed by atoms with Crippen molar-refractivity contribution in [3.05, 3.63) is 0 Å². The fourth-order valence-electron chi connectivity index (χ4n) is 1.14. The predicted molar refractivity (Wildman–Crippen MR) is 51.8 cm³/mol. The summed E-state index contributed by atoms with van der Waals surface area (Å²) in [7, 11) is -2.90. The first kappa shape index (κ1) is 11.9. The van der Waals surface area contributed by atoms with Gasteiger partial charge in [-0.05, 0) is 12.3 Å². The van der Waals surface area contributed by atoms with E-state index in [2.05, 4.69) is 13.8 Å². The van der Waals surface area contributed by atoms with Gasteiger partial charge in [0.15, 0.2) is 0 Å². The summed E-state index contributed by atoms with van der Waals surface area (Å²) in [5.41, 5.74) is 5.66. The first-order valence-corrected chi connectivity index (χ1v) is 6.34. The van der Waals surface area contributed by atoms with Crippen molar-refractivity contribution in [1.82, 2.24) is 0 Å². The standard InChI is InChI=1S/C8H19NO2S/c1-4-7(2)5-8(9)6-12(3,10)11/h7-8H,4-6,9H2,1-3H3. The number of hydrogen-bond donors (Lipinski definition) is 1. The molecule has 12 heavy (non-hydrogen) atoms. The average Bonchev–Trinajstić information content (AvgIpc) is 1.82. The smallest absolute Gasteiger partial charge is 0.148 e. The van der Waals surface area contributed by atoms with E-state index >= 15 is 0 Å². The van der Waals surface area contributed by atoms with Crippen LogP contribution in [0.2, 0.25) is 0 Å². The van der Waals surface area contributed by atoms with Crippen molar-refractivity contribution in [1.29, 1.82) is 0 Å². The summed E-state index contributed by atoms with van der Waals surface area (Å²) >= 11 is 0. The molecule has 0 aliphatic carbocycles. The predicted octanol–water partition coefficient (Wildman–Crippen LogP) is 0.795. The third-order valence-electron chi connectivity index (χ3n) is 1.92. The summed E-state index contributed by atoms with van der Waals surface area (Å²) in [5, 5.41) is 0. The molecular weight excluding hydrogens is 174 g/mol. The van der Waals surface area contributed by atoms with Crippen LogP contribution in [0.25, 0.3) is 0 Å². The van der Waals surface area contributed by atoms with Gasteiger partial charge < -0.3 is 5.73 Å². The van der Waals surface area contributed by atoms with E-state index in [1.807, 2.05) is 0 Å². The molecule has 0 aliphatic heterocycles. The van der Waals surface area contributed by atoms with Crippen LogP contribution in [0.4, 0.5) is 0 Å². The van der Waals surface area contributed by atoms with Gasteiger partial charge in [0, 0.05) is 12.3 Å². The quantitative estimate of drug-likeness (QED) is 0.702. The lowest BCUT2D eigenvalue weighted by Gasteiger charge is -2.14. The molecule has 4 heteroatoms. The van der Waals surface area contributed by atoms with Gasteiger partial charge in [-0.2, -0.15) is 0 Å². The molecular formula is C8H19NO2S. The molecule has 0 rings (SSSR count). The molecule has 0 aromatic rings. The Labute approximate surface area is 75.3 Å².